The first-order valence-corrected chi connectivity index (χ1v) is 5.61. The number of nitrogen functional groups attached to an aromatic ring is 1. The Morgan fingerprint density at radius 2 is 2.06 bits per heavy atom. The van der Waals surface area contributed by atoms with Crippen molar-refractivity contribution < 1.29 is 0 Å². The minimum atomic E-state index is 0.655. The molecule has 0 spiro atoms. The van der Waals surface area contributed by atoms with Gasteiger partial charge in [0.25, 0.3) is 0 Å². The van der Waals surface area contributed by atoms with Crippen LogP contribution < -0.4 is 5.73 Å². The second-order valence-corrected chi connectivity index (χ2v) is 4.24. The van der Waals surface area contributed by atoms with Crippen molar-refractivity contribution in [2.75, 3.05) is 5.73 Å². The van der Waals surface area contributed by atoms with Crippen LogP contribution >= 0.6 is 11.6 Å². The van der Waals surface area contributed by atoms with Gasteiger partial charge in [-0.25, -0.2) is 4.98 Å². The van der Waals surface area contributed by atoms with Gasteiger partial charge in [-0.1, -0.05) is 17.7 Å². The number of fused-ring (bicyclic) bond motifs is 1. The third kappa shape index (κ3) is 1.74. The van der Waals surface area contributed by atoms with Crippen LogP contribution in [0.15, 0.2) is 48.8 Å². The molecule has 2 heterocycles. The van der Waals surface area contributed by atoms with Crippen LogP contribution in [0.25, 0.3) is 16.9 Å². The predicted octanol–water partition coefficient (Wildman–Crippen LogP) is 3.24. The van der Waals surface area contributed by atoms with Gasteiger partial charge < -0.3 is 10.1 Å². The molecule has 0 saturated heterocycles. The van der Waals surface area contributed by atoms with E-state index in [4.69, 9.17) is 17.3 Å². The molecule has 0 unspecified atom stereocenters. The van der Waals surface area contributed by atoms with Gasteiger partial charge in [-0.15, -0.1) is 0 Å². The molecule has 0 atom stereocenters. The Balaban J connectivity index is 2.23. The molecule has 0 fully saturated rings. The van der Waals surface area contributed by atoms with Gasteiger partial charge in [-0.05, 0) is 30.3 Å². The third-order valence-corrected chi connectivity index (χ3v) is 2.96. The van der Waals surface area contributed by atoms with Crippen LogP contribution in [0.4, 0.5) is 5.69 Å². The van der Waals surface area contributed by atoms with Gasteiger partial charge in [-0.2, -0.15) is 0 Å². The molecule has 0 saturated carbocycles. The van der Waals surface area contributed by atoms with Crippen molar-refractivity contribution in [2.24, 2.45) is 0 Å². The molecule has 0 aliphatic heterocycles. The average Bonchev–Trinajstić information content (AvgIpc) is 2.75. The van der Waals surface area contributed by atoms with Crippen LogP contribution in [0.5, 0.6) is 0 Å². The van der Waals surface area contributed by atoms with Crippen LogP contribution in [0.1, 0.15) is 0 Å². The third-order valence-electron chi connectivity index (χ3n) is 2.63. The number of pyridine rings is 1. The Hall–Kier alpha value is -2.00. The van der Waals surface area contributed by atoms with Gasteiger partial charge in [0.1, 0.15) is 5.65 Å². The van der Waals surface area contributed by atoms with Gasteiger partial charge >= 0.3 is 0 Å². The lowest BCUT2D eigenvalue weighted by Crippen LogP contribution is -1.86. The average molecular weight is 244 g/mol. The fraction of sp³-hybridized carbons (Fsp3) is 0. The number of halogens is 1. The summed E-state index contributed by atoms with van der Waals surface area (Å²) in [4.78, 5) is 4.51. The molecule has 3 nitrogen and oxygen atoms in total. The van der Waals surface area contributed by atoms with Gasteiger partial charge in [0, 0.05) is 23.6 Å². The van der Waals surface area contributed by atoms with E-state index in [0.717, 1.165) is 16.9 Å². The molecule has 0 amide bonds. The maximum absolute atomic E-state index is 6.15. The maximum Gasteiger partial charge on any atom is 0.137 e. The highest BCUT2D eigenvalue weighted by Gasteiger charge is 2.08. The lowest BCUT2D eigenvalue weighted by atomic mass is 10.1. The van der Waals surface area contributed by atoms with E-state index in [9.17, 15) is 0 Å². The van der Waals surface area contributed by atoms with E-state index in [-0.39, 0.29) is 0 Å². The molecular weight excluding hydrogens is 234 g/mol. The maximum atomic E-state index is 6.15. The summed E-state index contributed by atoms with van der Waals surface area (Å²) in [5.74, 6) is 0. The molecule has 84 valence electrons. The van der Waals surface area contributed by atoms with Gasteiger partial charge in [0.15, 0.2) is 0 Å². The van der Waals surface area contributed by atoms with Crippen molar-refractivity contribution in [2.45, 2.75) is 0 Å². The zero-order chi connectivity index (χ0) is 11.8. The number of nitrogens with two attached hydrogens (primary N) is 1. The molecule has 17 heavy (non-hydrogen) atoms. The first-order chi connectivity index (χ1) is 8.24. The summed E-state index contributed by atoms with van der Waals surface area (Å²) in [6.45, 7) is 0. The van der Waals surface area contributed by atoms with Crippen LogP contribution in [-0.4, -0.2) is 9.38 Å². The quantitative estimate of drug-likeness (QED) is 0.667. The Morgan fingerprint density at radius 3 is 2.88 bits per heavy atom. The van der Waals surface area contributed by atoms with Crippen molar-refractivity contribution in [1.29, 1.82) is 0 Å². The van der Waals surface area contributed by atoms with Crippen molar-refractivity contribution >= 4 is 22.9 Å². The van der Waals surface area contributed by atoms with E-state index in [1.54, 1.807) is 12.1 Å². The molecule has 2 N–H and O–H groups in total. The molecule has 3 rings (SSSR count). The van der Waals surface area contributed by atoms with Crippen LogP contribution in [-0.2, 0) is 0 Å². The summed E-state index contributed by atoms with van der Waals surface area (Å²) in [5, 5.41) is 0.655. The summed E-state index contributed by atoms with van der Waals surface area (Å²) in [5.41, 5.74) is 9.02. The number of benzene rings is 1. The molecule has 0 aliphatic rings. The number of rotatable bonds is 1. The summed E-state index contributed by atoms with van der Waals surface area (Å²) in [6, 6.07) is 11.3. The van der Waals surface area contributed by atoms with Gasteiger partial charge in [0.2, 0.25) is 0 Å². The number of hydrogen-bond donors (Lipinski definition) is 1. The second kappa shape index (κ2) is 3.79. The van der Waals surface area contributed by atoms with Crippen molar-refractivity contribution in [3.05, 3.63) is 53.8 Å². The summed E-state index contributed by atoms with van der Waals surface area (Å²) < 4.78 is 1.95. The number of nitrogens with zero attached hydrogens (tertiary/aromatic N) is 2. The Kier molecular flexibility index (Phi) is 2.27. The minimum absolute atomic E-state index is 0.655. The van der Waals surface area contributed by atoms with Gasteiger partial charge in [-0.3, -0.25) is 0 Å². The highest BCUT2D eigenvalue weighted by molar-refractivity contribution is 6.33. The summed E-state index contributed by atoms with van der Waals surface area (Å²) in [6.07, 6.45) is 3.89. The molecule has 2 aromatic heterocycles. The Labute approximate surface area is 103 Å². The molecule has 0 bridgehead atoms. The molecule has 1 aromatic carbocycles. The predicted molar refractivity (Wildman–Crippen MR) is 70.1 cm³/mol. The molecule has 0 radical (unpaired) electrons. The van der Waals surface area contributed by atoms with E-state index in [1.165, 1.54) is 0 Å². The molecule has 4 heteroatoms. The smallest absolute Gasteiger partial charge is 0.137 e. The van der Waals surface area contributed by atoms with Crippen molar-refractivity contribution in [3.8, 4) is 11.3 Å². The zero-order valence-electron chi connectivity index (χ0n) is 8.97. The van der Waals surface area contributed by atoms with E-state index < -0.39 is 0 Å². The lowest BCUT2D eigenvalue weighted by Gasteiger charge is -2.01. The monoisotopic (exact) mass is 243 g/mol. The number of aromatic nitrogens is 2. The number of anilines is 1. The van der Waals surface area contributed by atoms with E-state index in [2.05, 4.69) is 4.98 Å². The van der Waals surface area contributed by atoms with Crippen LogP contribution in [0.3, 0.4) is 0 Å². The van der Waals surface area contributed by atoms with Crippen molar-refractivity contribution in [3.63, 3.8) is 0 Å². The highest BCUT2D eigenvalue weighted by Crippen LogP contribution is 2.29. The first-order valence-electron chi connectivity index (χ1n) is 5.23. The zero-order valence-corrected chi connectivity index (χ0v) is 9.72. The number of hydrogen-bond acceptors (Lipinski definition) is 2. The SMILES string of the molecule is Nc1ccc(Cl)c(-c2cn3ccccc3n2)c1. The number of imidazole rings is 1. The first kappa shape index (κ1) is 10.2. The normalized spacial score (nSPS) is 10.9. The fourth-order valence-corrected chi connectivity index (χ4v) is 2.02. The molecular formula is C13H10ClN3. The van der Waals surface area contributed by atoms with E-state index >= 15 is 0 Å². The summed E-state index contributed by atoms with van der Waals surface area (Å²) >= 11 is 6.15. The van der Waals surface area contributed by atoms with E-state index in [1.807, 2.05) is 41.1 Å². The standard InChI is InChI=1S/C13H10ClN3/c14-11-5-4-9(15)7-10(11)12-8-17-6-2-1-3-13(17)16-12/h1-8H,15H2. The minimum Gasteiger partial charge on any atom is -0.399 e. The molecule has 3 aromatic rings. The van der Waals surface area contributed by atoms with E-state index in [0.29, 0.717) is 10.7 Å². The van der Waals surface area contributed by atoms with Gasteiger partial charge in [0.05, 0.1) is 10.7 Å². The topological polar surface area (TPSA) is 43.3 Å². The van der Waals surface area contributed by atoms with Crippen molar-refractivity contribution in [1.82, 2.24) is 9.38 Å². The Morgan fingerprint density at radius 1 is 1.18 bits per heavy atom. The highest BCUT2D eigenvalue weighted by atomic mass is 35.5. The Bertz CT molecular complexity index is 655. The lowest BCUT2D eigenvalue weighted by molar-refractivity contribution is 1.19. The van der Waals surface area contributed by atoms with Crippen LogP contribution in [0.2, 0.25) is 5.02 Å². The summed E-state index contributed by atoms with van der Waals surface area (Å²) in [7, 11) is 0. The largest absolute Gasteiger partial charge is 0.399 e. The fourth-order valence-electron chi connectivity index (χ4n) is 1.80. The molecule has 0 aliphatic carbocycles. The van der Waals surface area contributed by atoms with Crippen LogP contribution in [0, 0.1) is 0 Å². The second-order valence-electron chi connectivity index (χ2n) is 3.83.